The second-order valence-corrected chi connectivity index (χ2v) is 7.77. The molecule has 28 heavy (non-hydrogen) atoms. The molecule has 2 N–H and O–H groups in total. The van der Waals surface area contributed by atoms with Crippen LogP contribution in [0, 0.1) is 6.92 Å². The maximum atomic E-state index is 12.4. The minimum absolute atomic E-state index is 0.257. The lowest BCUT2D eigenvalue weighted by Gasteiger charge is -2.09. The minimum atomic E-state index is -3.65. The van der Waals surface area contributed by atoms with Crippen molar-refractivity contribution in [1.82, 2.24) is 0 Å². The Morgan fingerprint density at radius 2 is 1.50 bits per heavy atom. The van der Waals surface area contributed by atoms with Crippen molar-refractivity contribution in [1.29, 1.82) is 0 Å². The van der Waals surface area contributed by atoms with E-state index in [9.17, 15) is 13.2 Å². The van der Waals surface area contributed by atoms with Crippen LogP contribution >= 0.6 is 0 Å². The van der Waals surface area contributed by atoms with Gasteiger partial charge in [-0.2, -0.15) is 0 Å². The van der Waals surface area contributed by atoms with Gasteiger partial charge in [0.05, 0.1) is 5.41 Å². The molecule has 0 aliphatic heterocycles. The van der Waals surface area contributed by atoms with Gasteiger partial charge in [-0.15, -0.1) is 0 Å². The molecule has 0 atom stereocenters. The molecule has 0 unspecified atom stereocenters. The number of carbonyl (C=O) groups excluding carboxylic acids is 1. The molecule has 1 amide bonds. The van der Waals surface area contributed by atoms with Crippen LogP contribution in [0.2, 0.25) is 0 Å². The van der Waals surface area contributed by atoms with E-state index < -0.39 is 10.0 Å². The fourth-order valence-electron chi connectivity index (χ4n) is 2.53. The molecule has 0 aliphatic carbocycles. The van der Waals surface area contributed by atoms with Gasteiger partial charge in [-0.1, -0.05) is 48.5 Å². The van der Waals surface area contributed by atoms with Gasteiger partial charge in [-0.3, -0.25) is 9.52 Å². The average Bonchev–Trinajstić information content (AvgIpc) is 2.69. The van der Waals surface area contributed by atoms with Crippen LogP contribution in [0.5, 0.6) is 0 Å². The number of hydrogen-bond donors (Lipinski definition) is 2. The molecule has 142 valence electrons. The standard InChI is InChI=1S/C22H20N2O3S/c1-17-7-5-6-10-21(17)23-22(25)19-11-13-20(14-12-19)24-28(26,27)16-15-18-8-3-2-4-9-18/h2-16,24H,1H3,(H,23,25)/b16-15+. The number of sulfonamides is 1. The van der Waals surface area contributed by atoms with E-state index in [1.54, 1.807) is 24.3 Å². The average molecular weight is 392 g/mol. The Bertz CT molecular complexity index is 1090. The molecule has 0 aliphatic rings. The van der Waals surface area contributed by atoms with Crippen LogP contribution in [0.1, 0.15) is 21.5 Å². The highest BCUT2D eigenvalue weighted by Gasteiger charge is 2.09. The number of nitrogens with one attached hydrogen (secondary N) is 2. The van der Waals surface area contributed by atoms with Crippen LogP contribution in [-0.4, -0.2) is 14.3 Å². The minimum Gasteiger partial charge on any atom is -0.322 e. The number of para-hydroxylation sites is 1. The third-order valence-corrected chi connectivity index (χ3v) is 5.05. The largest absolute Gasteiger partial charge is 0.322 e. The highest BCUT2D eigenvalue weighted by molar-refractivity contribution is 7.95. The van der Waals surface area contributed by atoms with E-state index in [2.05, 4.69) is 10.0 Å². The van der Waals surface area contributed by atoms with Crippen molar-refractivity contribution in [2.24, 2.45) is 0 Å². The first-order valence-electron chi connectivity index (χ1n) is 8.66. The topological polar surface area (TPSA) is 75.3 Å². The maximum Gasteiger partial charge on any atom is 0.255 e. The van der Waals surface area contributed by atoms with E-state index in [0.717, 1.165) is 22.2 Å². The van der Waals surface area contributed by atoms with Crippen LogP contribution in [0.25, 0.3) is 6.08 Å². The summed E-state index contributed by atoms with van der Waals surface area (Å²) in [6, 6.07) is 22.9. The zero-order valence-electron chi connectivity index (χ0n) is 15.3. The summed E-state index contributed by atoms with van der Waals surface area (Å²) in [5, 5.41) is 3.96. The number of carbonyl (C=O) groups is 1. The zero-order valence-corrected chi connectivity index (χ0v) is 16.1. The van der Waals surface area contributed by atoms with Gasteiger partial charge in [0.2, 0.25) is 0 Å². The number of amides is 1. The third kappa shape index (κ3) is 5.31. The number of anilines is 2. The second kappa shape index (κ2) is 8.54. The summed E-state index contributed by atoms with van der Waals surface area (Å²) in [6.45, 7) is 1.91. The molecule has 3 aromatic rings. The maximum absolute atomic E-state index is 12.4. The number of rotatable bonds is 6. The normalized spacial score (nSPS) is 11.3. The van der Waals surface area contributed by atoms with Gasteiger partial charge in [0.15, 0.2) is 0 Å². The zero-order chi connectivity index (χ0) is 20.0. The Morgan fingerprint density at radius 3 is 2.18 bits per heavy atom. The fourth-order valence-corrected chi connectivity index (χ4v) is 3.40. The van der Waals surface area contributed by atoms with Crippen LogP contribution in [0.15, 0.2) is 84.3 Å². The Balaban J connectivity index is 1.66. The monoisotopic (exact) mass is 392 g/mol. The smallest absolute Gasteiger partial charge is 0.255 e. The highest BCUT2D eigenvalue weighted by Crippen LogP contribution is 2.17. The van der Waals surface area contributed by atoms with Crippen molar-refractivity contribution in [2.45, 2.75) is 6.92 Å². The van der Waals surface area contributed by atoms with Crippen LogP contribution in [0.3, 0.4) is 0 Å². The van der Waals surface area contributed by atoms with Gasteiger partial charge in [-0.05, 0) is 54.5 Å². The molecular weight excluding hydrogens is 372 g/mol. The van der Waals surface area contributed by atoms with Crippen LogP contribution in [0.4, 0.5) is 11.4 Å². The lowest BCUT2D eigenvalue weighted by Crippen LogP contribution is -2.13. The summed E-state index contributed by atoms with van der Waals surface area (Å²) in [6.07, 6.45) is 1.52. The highest BCUT2D eigenvalue weighted by atomic mass is 32.2. The molecule has 0 spiro atoms. The molecular formula is C22H20N2O3S. The molecule has 0 aromatic heterocycles. The lowest BCUT2D eigenvalue weighted by atomic mass is 10.1. The predicted octanol–water partition coefficient (Wildman–Crippen LogP) is 4.66. The van der Waals surface area contributed by atoms with Crippen molar-refractivity contribution in [3.63, 3.8) is 0 Å². The third-order valence-electron chi connectivity index (χ3n) is 4.04. The Labute approximate surface area is 164 Å². The molecule has 0 saturated heterocycles. The summed E-state index contributed by atoms with van der Waals surface area (Å²) < 4.78 is 26.9. The molecule has 0 heterocycles. The fraction of sp³-hybridized carbons (Fsp3) is 0.0455. The van der Waals surface area contributed by atoms with Gasteiger partial charge >= 0.3 is 0 Å². The number of benzene rings is 3. The van der Waals surface area contributed by atoms with Gasteiger partial charge < -0.3 is 5.32 Å². The molecule has 3 rings (SSSR count). The summed E-state index contributed by atoms with van der Waals surface area (Å²) >= 11 is 0. The van der Waals surface area contributed by atoms with E-state index in [0.29, 0.717) is 11.3 Å². The first-order chi connectivity index (χ1) is 13.4. The first kappa shape index (κ1) is 19.4. The molecule has 0 fully saturated rings. The summed E-state index contributed by atoms with van der Waals surface area (Å²) in [7, 11) is -3.65. The van der Waals surface area contributed by atoms with Crippen molar-refractivity contribution < 1.29 is 13.2 Å². The molecule has 6 heteroatoms. The Morgan fingerprint density at radius 1 is 0.857 bits per heavy atom. The summed E-state index contributed by atoms with van der Waals surface area (Å²) in [5.74, 6) is -0.257. The molecule has 3 aromatic carbocycles. The van der Waals surface area contributed by atoms with Gasteiger partial charge in [0.25, 0.3) is 15.9 Å². The van der Waals surface area contributed by atoms with Crippen LogP contribution < -0.4 is 10.0 Å². The quantitative estimate of drug-likeness (QED) is 0.641. The summed E-state index contributed by atoms with van der Waals surface area (Å²) in [5.41, 5.74) is 3.31. The van der Waals surface area contributed by atoms with E-state index in [-0.39, 0.29) is 5.91 Å². The molecule has 5 nitrogen and oxygen atoms in total. The molecule has 0 radical (unpaired) electrons. The van der Waals surface area contributed by atoms with Crippen molar-refractivity contribution in [3.8, 4) is 0 Å². The Kier molecular flexibility index (Phi) is 5.91. The Hall–Kier alpha value is -3.38. The van der Waals surface area contributed by atoms with Crippen molar-refractivity contribution >= 4 is 33.4 Å². The van der Waals surface area contributed by atoms with E-state index in [1.165, 1.54) is 6.08 Å². The summed E-state index contributed by atoms with van der Waals surface area (Å²) in [4.78, 5) is 12.4. The van der Waals surface area contributed by atoms with E-state index in [4.69, 9.17) is 0 Å². The predicted molar refractivity (Wildman–Crippen MR) is 114 cm³/mol. The van der Waals surface area contributed by atoms with E-state index in [1.807, 2.05) is 61.5 Å². The van der Waals surface area contributed by atoms with Gasteiger partial charge in [0.1, 0.15) is 0 Å². The first-order valence-corrected chi connectivity index (χ1v) is 10.2. The second-order valence-electron chi connectivity index (χ2n) is 6.21. The number of aryl methyl sites for hydroxylation is 1. The van der Waals surface area contributed by atoms with Crippen LogP contribution in [-0.2, 0) is 10.0 Å². The van der Waals surface area contributed by atoms with Crippen molar-refractivity contribution in [2.75, 3.05) is 10.0 Å². The lowest BCUT2D eigenvalue weighted by molar-refractivity contribution is 0.102. The van der Waals surface area contributed by atoms with Gasteiger partial charge in [0, 0.05) is 16.9 Å². The van der Waals surface area contributed by atoms with Gasteiger partial charge in [-0.25, -0.2) is 8.42 Å². The van der Waals surface area contributed by atoms with E-state index >= 15 is 0 Å². The SMILES string of the molecule is Cc1ccccc1NC(=O)c1ccc(NS(=O)(=O)/C=C/c2ccccc2)cc1. The molecule has 0 saturated carbocycles. The molecule has 0 bridgehead atoms. The van der Waals surface area contributed by atoms with Crippen molar-refractivity contribution in [3.05, 3.63) is 101 Å². The number of hydrogen-bond acceptors (Lipinski definition) is 3.